The topological polar surface area (TPSA) is 102 Å². The van der Waals surface area contributed by atoms with Gasteiger partial charge >= 0.3 is 6.18 Å². The predicted octanol–water partition coefficient (Wildman–Crippen LogP) is 4.01. The molecule has 1 heterocycles. The van der Waals surface area contributed by atoms with E-state index >= 15 is 0 Å². The molecule has 1 aliphatic heterocycles. The van der Waals surface area contributed by atoms with Gasteiger partial charge in [-0.1, -0.05) is 6.07 Å². The van der Waals surface area contributed by atoms with Crippen molar-refractivity contribution >= 4 is 34.8 Å². The number of rotatable bonds is 6. The Bertz CT molecular complexity index is 1100. The summed E-state index contributed by atoms with van der Waals surface area (Å²) >= 11 is 0.718. The number of Topliss-reactive ketones (excluding diaryl/α,β-unsaturated/α-hetero) is 1. The zero-order valence-electron chi connectivity index (χ0n) is 15.8. The van der Waals surface area contributed by atoms with Crippen LogP contribution < -0.4 is 14.8 Å². The Kier molecular flexibility index (Phi) is 6.37. The molecule has 2 amide bonds. The largest absolute Gasteiger partial charge is 0.493 e. The maximum atomic E-state index is 13.5. The minimum atomic E-state index is -4.82. The van der Waals surface area contributed by atoms with E-state index in [9.17, 15) is 27.6 Å². The number of carbonyl (C=O) groups is 3. The Labute approximate surface area is 177 Å². The molecule has 0 aliphatic carbocycles. The third-order valence-electron chi connectivity index (χ3n) is 4.10. The van der Waals surface area contributed by atoms with Crippen molar-refractivity contribution in [3.05, 3.63) is 58.0 Å². The molecule has 0 atom stereocenters. The van der Waals surface area contributed by atoms with E-state index in [2.05, 4.69) is 5.32 Å². The zero-order chi connectivity index (χ0) is 22.8. The molecular formula is C20H14F3NO6S. The van der Waals surface area contributed by atoms with Crippen LogP contribution in [0.25, 0.3) is 6.08 Å². The Balaban J connectivity index is 1.95. The number of methoxy groups -OCH3 is 1. The van der Waals surface area contributed by atoms with Gasteiger partial charge in [0.15, 0.2) is 17.3 Å². The van der Waals surface area contributed by atoms with Gasteiger partial charge in [-0.25, -0.2) is 0 Å². The highest BCUT2D eigenvalue weighted by Gasteiger charge is 2.35. The van der Waals surface area contributed by atoms with Crippen molar-refractivity contribution in [3.8, 4) is 17.2 Å². The van der Waals surface area contributed by atoms with Crippen molar-refractivity contribution in [2.24, 2.45) is 0 Å². The van der Waals surface area contributed by atoms with E-state index in [4.69, 9.17) is 14.6 Å². The van der Waals surface area contributed by atoms with Crippen LogP contribution in [0.4, 0.5) is 18.0 Å². The maximum Gasteiger partial charge on any atom is 0.420 e. The number of imide groups is 1. The lowest BCUT2D eigenvalue weighted by molar-refractivity contribution is -0.138. The second kappa shape index (κ2) is 8.82. The van der Waals surface area contributed by atoms with Crippen LogP contribution in [-0.4, -0.2) is 35.8 Å². The number of nitrogens with one attached hydrogen (secondary N) is 1. The summed E-state index contributed by atoms with van der Waals surface area (Å²) in [6, 6.07) is 6.94. The third-order valence-corrected chi connectivity index (χ3v) is 4.91. The van der Waals surface area contributed by atoms with E-state index in [1.807, 2.05) is 0 Å². The van der Waals surface area contributed by atoms with Gasteiger partial charge in [-0.15, -0.1) is 0 Å². The van der Waals surface area contributed by atoms with Gasteiger partial charge in [0.05, 0.1) is 17.6 Å². The van der Waals surface area contributed by atoms with Gasteiger partial charge in [-0.2, -0.15) is 13.2 Å². The number of thioether (sulfide) groups is 1. The second-order valence-corrected chi connectivity index (χ2v) is 7.17. The fraction of sp³-hybridized carbons (Fsp3) is 0.150. The Morgan fingerprint density at radius 2 is 1.84 bits per heavy atom. The Morgan fingerprint density at radius 3 is 2.42 bits per heavy atom. The number of amides is 2. The van der Waals surface area contributed by atoms with Crippen LogP contribution in [0.1, 0.15) is 21.5 Å². The fourth-order valence-electron chi connectivity index (χ4n) is 2.65. The van der Waals surface area contributed by atoms with Crippen LogP contribution in [0.5, 0.6) is 17.2 Å². The number of ether oxygens (including phenoxy) is 2. The molecule has 0 saturated carbocycles. The Hall–Kier alpha value is -3.31. The first kappa shape index (κ1) is 22.4. The van der Waals surface area contributed by atoms with Crippen molar-refractivity contribution < 1.29 is 42.1 Å². The number of halogens is 3. The molecule has 0 spiro atoms. The molecule has 1 saturated heterocycles. The summed E-state index contributed by atoms with van der Waals surface area (Å²) in [7, 11) is 1.29. The van der Waals surface area contributed by atoms with E-state index in [1.54, 1.807) is 0 Å². The minimum absolute atomic E-state index is 0.0454. The average Bonchev–Trinajstić information content (AvgIpc) is 3.04. The maximum absolute atomic E-state index is 13.5. The molecule has 2 N–H and O–H groups in total. The second-order valence-electron chi connectivity index (χ2n) is 6.15. The van der Waals surface area contributed by atoms with Gasteiger partial charge in [0, 0.05) is 5.56 Å². The van der Waals surface area contributed by atoms with E-state index < -0.39 is 41.0 Å². The molecule has 0 bridgehead atoms. The van der Waals surface area contributed by atoms with Crippen LogP contribution >= 0.6 is 11.8 Å². The summed E-state index contributed by atoms with van der Waals surface area (Å²) in [5.41, 5.74) is -1.05. The first-order valence-electron chi connectivity index (χ1n) is 8.58. The summed E-state index contributed by atoms with van der Waals surface area (Å²) in [5, 5.41) is 10.5. The quantitative estimate of drug-likeness (QED) is 0.503. The number of aliphatic hydroxyl groups excluding tert-OH is 1. The van der Waals surface area contributed by atoms with E-state index in [0.717, 1.165) is 23.9 Å². The minimum Gasteiger partial charge on any atom is -0.493 e. The van der Waals surface area contributed by atoms with Gasteiger partial charge in [0.2, 0.25) is 0 Å². The number of hydrogen-bond acceptors (Lipinski definition) is 7. The zero-order valence-corrected chi connectivity index (χ0v) is 16.6. The molecule has 31 heavy (non-hydrogen) atoms. The predicted molar refractivity (Wildman–Crippen MR) is 105 cm³/mol. The van der Waals surface area contributed by atoms with Crippen LogP contribution in [0, 0.1) is 0 Å². The molecule has 0 aromatic heterocycles. The molecule has 7 nitrogen and oxygen atoms in total. The fourth-order valence-corrected chi connectivity index (χ4v) is 3.34. The van der Waals surface area contributed by atoms with E-state index in [1.165, 1.54) is 31.4 Å². The van der Waals surface area contributed by atoms with Gasteiger partial charge in [-0.05, 0) is 53.7 Å². The van der Waals surface area contributed by atoms with Crippen molar-refractivity contribution in [1.82, 2.24) is 5.32 Å². The molecule has 3 rings (SSSR count). The SMILES string of the molecule is COc1cc(C=C2SC(=O)NC2=O)ccc1Oc1ccc(C(=O)CO)cc1C(F)(F)F. The Morgan fingerprint density at radius 1 is 1.13 bits per heavy atom. The average molecular weight is 453 g/mol. The molecule has 11 heteroatoms. The summed E-state index contributed by atoms with van der Waals surface area (Å²) in [6.45, 7) is -0.926. The first-order chi connectivity index (χ1) is 14.6. The molecule has 0 radical (unpaired) electrons. The highest BCUT2D eigenvalue weighted by atomic mass is 32.2. The summed E-state index contributed by atoms with van der Waals surface area (Å²) < 4.78 is 51.0. The third kappa shape index (κ3) is 5.06. The van der Waals surface area contributed by atoms with Crippen LogP contribution in [0.15, 0.2) is 41.3 Å². The molecule has 2 aromatic rings. The van der Waals surface area contributed by atoms with E-state index in [0.29, 0.717) is 11.6 Å². The van der Waals surface area contributed by atoms with Crippen molar-refractivity contribution in [1.29, 1.82) is 0 Å². The van der Waals surface area contributed by atoms with Crippen LogP contribution in [0.3, 0.4) is 0 Å². The first-order valence-corrected chi connectivity index (χ1v) is 9.40. The number of aliphatic hydroxyl groups is 1. The van der Waals surface area contributed by atoms with Gasteiger partial charge < -0.3 is 14.6 Å². The lowest BCUT2D eigenvalue weighted by Gasteiger charge is -2.16. The number of hydrogen-bond donors (Lipinski definition) is 2. The molecule has 2 aromatic carbocycles. The lowest BCUT2D eigenvalue weighted by Crippen LogP contribution is -2.17. The highest BCUT2D eigenvalue weighted by molar-refractivity contribution is 8.18. The standard InChI is InChI=1S/C20H14F3NO6S/c1-29-16-6-10(7-17-18(27)24-19(28)31-17)2-4-15(16)30-14-5-3-11(13(26)9-25)8-12(14)20(21,22)23/h2-8,25H,9H2,1H3,(H,24,27,28). The highest BCUT2D eigenvalue weighted by Crippen LogP contribution is 2.41. The van der Waals surface area contributed by atoms with Crippen molar-refractivity contribution in [3.63, 3.8) is 0 Å². The number of alkyl halides is 3. The molecular weight excluding hydrogens is 439 g/mol. The monoisotopic (exact) mass is 453 g/mol. The molecule has 162 valence electrons. The summed E-state index contributed by atoms with van der Waals surface area (Å²) in [4.78, 5) is 34.6. The van der Waals surface area contributed by atoms with E-state index in [-0.39, 0.29) is 22.0 Å². The summed E-state index contributed by atoms with van der Waals surface area (Å²) in [5.74, 6) is -1.95. The van der Waals surface area contributed by atoms with Gasteiger partial charge in [-0.3, -0.25) is 19.7 Å². The van der Waals surface area contributed by atoms with Gasteiger partial charge in [0.25, 0.3) is 11.1 Å². The summed E-state index contributed by atoms with van der Waals surface area (Å²) in [6.07, 6.45) is -3.40. The number of benzene rings is 2. The van der Waals surface area contributed by atoms with Gasteiger partial charge in [0.1, 0.15) is 12.4 Å². The smallest absolute Gasteiger partial charge is 0.420 e. The molecule has 0 unspecified atom stereocenters. The van der Waals surface area contributed by atoms with Crippen LogP contribution in [-0.2, 0) is 11.0 Å². The molecule has 1 fully saturated rings. The van der Waals surface area contributed by atoms with Crippen molar-refractivity contribution in [2.75, 3.05) is 13.7 Å². The van der Waals surface area contributed by atoms with Crippen LogP contribution in [0.2, 0.25) is 0 Å². The molecule has 1 aliphatic rings. The lowest BCUT2D eigenvalue weighted by atomic mass is 10.1. The normalized spacial score (nSPS) is 15.2. The number of ketones is 1. The van der Waals surface area contributed by atoms with Crippen molar-refractivity contribution in [2.45, 2.75) is 6.18 Å². The number of carbonyl (C=O) groups excluding carboxylic acids is 3.